The Labute approximate surface area is 87.1 Å². The van der Waals surface area contributed by atoms with Crippen molar-refractivity contribution in [2.75, 3.05) is 12.4 Å². The van der Waals surface area contributed by atoms with E-state index >= 15 is 0 Å². The van der Waals surface area contributed by atoms with E-state index in [1.165, 1.54) is 18.1 Å². The summed E-state index contributed by atoms with van der Waals surface area (Å²) in [7, 11) is 0. The molecule has 0 amide bonds. The number of esters is 1. The highest BCUT2D eigenvalue weighted by Crippen LogP contribution is 2.08. The van der Waals surface area contributed by atoms with Crippen LogP contribution in [0.5, 0.6) is 0 Å². The zero-order chi connectivity index (χ0) is 10.2. The molecule has 1 aromatic rings. The molecule has 0 aliphatic carbocycles. The van der Waals surface area contributed by atoms with E-state index in [-0.39, 0.29) is 5.97 Å². The van der Waals surface area contributed by atoms with Gasteiger partial charge in [-0.3, -0.25) is 4.79 Å². The lowest BCUT2D eigenvalue weighted by atomic mass is 10.5. The smallest absolute Gasteiger partial charge is 0.315 e. The standard InChI is InChI=1S/C9H12N2O2S/c1-2-13-9(12)6-14-5-8-3-4-10-7-11-8/h3-4,7H,2,5-6H2,1H3. The lowest BCUT2D eigenvalue weighted by Gasteiger charge is -2.00. The average Bonchev–Trinajstić information content (AvgIpc) is 2.20. The monoisotopic (exact) mass is 212 g/mol. The van der Waals surface area contributed by atoms with Crippen molar-refractivity contribution in [2.24, 2.45) is 0 Å². The summed E-state index contributed by atoms with van der Waals surface area (Å²) >= 11 is 1.49. The Morgan fingerprint density at radius 2 is 2.50 bits per heavy atom. The highest BCUT2D eigenvalue weighted by molar-refractivity contribution is 7.99. The van der Waals surface area contributed by atoms with Gasteiger partial charge in [-0.25, -0.2) is 9.97 Å². The van der Waals surface area contributed by atoms with Gasteiger partial charge in [0.15, 0.2) is 0 Å². The number of ether oxygens (including phenoxy) is 1. The molecule has 76 valence electrons. The molecule has 0 fully saturated rings. The fourth-order valence-corrected chi connectivity index (χ4v) is 1.58. The van der Waals surface area contributed by atoms with Crippen LogP contribution in [-0.4, -0.2) is 28.3 Å². The van der Waals surface area contributed by atoms with Gasteiger partial charge in [-0.1, -0.05) is 0 Å². The first-order valence-electron chi connectivity index (χ1n) is 4.31. The Kier molecular flexibility index (Phi) is 4.99. The SMILES string of the molecule is CCOC(=O)CSCc1ccncn1. The maximum atomic E-state index is 11.0. The second-order valence-electron chi connectivity index (χ2n) is 2.50. The number of carbonyl (C=O) groups excluding carboxylic acids is 1. The summed E-state index contributed by atoms with van der Waals surface area (Å²) in [5, 5.41) is 0. The van der Waals surface area contributed by atoms with Crippen molar-refractivity contribution in [3.8, 4) is 0 Å². The van der Waals surface area contributed by atoms with Gasteiger partial charge < -0.3 is 4.74 Å². The molecule has 0 aliphatic rings. The highest BCUT2D eigenvalue weighted by atomic mass is 32.2. The maximum absolute atomic E-state index is 11.0. The molecule has 0 saturated carbocycles. The minimum Gasteiger partial charge on any atom is -0.465 e. The third kappa shape index (κ3) is 4.23. The molecular formula is C9H12N2O2S. The summed E-state index contributed by atoms with van der Waals surface area (Å²) in [5.74, 6) is 0.908. The van der Waals surface area contributed by atoms with E-state index in [1.54, 1.807) is 13.1 Å². The fraction of sp³-hybridized carbons (Fsp3) is 0.444. The summed E-state index contributed by atoms with van der Waals surface area (Å²) in [5.41, 5.74) is 0.925. The van der Waals surface area contributed by atoms with Crippen molar-refractivity contribution in [2.45, 2.75) is 12.7 Å². The fourth-order valence-electron chi connectivity index (χ4n) is 0.845. The number of aromatic nitrogens is 2. The maximum Gasteiger partial charge on any atom is 0.315 e. The molecule has 0 atom stereocenters. The van der Waals surface area contributed by atoms with Gasteiger partial charge in [0.1, 0.15) is 6.33 Å². The third-order valence-corrected chi connectivity index (χ3v) is 2.36. The minimum absolute atomic E-state index is 0.174. The van der Waals surface area contributed by atoms with Crippen LogP contribution in [0.15, 0.2) is 18.6 Å². The number of hydrogen-bond donors (Lipinski definition) is 0. The predicted molar refractivity (Wildman–Crippen MR) is 54.8 cm³/mol. The average molecular weight is 212 g/mol. The Morgan fingerprint density at radius 1 is 1.64 bits per heavy atom. The highest BCUT2D eigenvalue weighted by Gasteiger charge is 2.01. The molecule has 0 radical (unpaired) electrons. The number of carbonyl (C=O) groups is 1. The van der Waals surface area contributed by atoms with Crippen LogP contribution in [0, 0.1) is 0 Å². The second kappa shape index (κ2) is 6.37. The summed E-state index contributed by atoms with van der Waals surface area (Å²) in [6, 6.07) is 1.83. The van der Waals surface area contributed by atoms with Gasteiger partial charge in [-0.2, -0.15) is 0 Å². The number of hydrogen-bond acceptors (Lipinski definition) is 5. The molecule has 14 heavy (non-hydrogen) atoms. The van der Waals surface area contributed by atoms with Crippen LogP contribution < -0.4 is 0 Å². The van der Waals surface area contributed by atoms with E-state index in [2.05, 4.69) is 9.97 Å². The molecule has 1 heterocycles. The lowest BCUT2D eigenvalue weighted by molar-refractivity contribution is -0.139. The van der Waals surface area contributed by atoms with E-state index in [0.717, 1.165) is 5.69 Å². The van der Waals surface area contributed by atoms with Crippen LogP contribution in [0.25, 0.3) is 0 Å². The Bertz CT molecular complexity index is 279. The van der Waals surface area contributed by atoms with Crippen LogP contribution >= 0.6 is 11.8 Å². The molecule has 5 heteroatoms. The molecule has 4 nitrogen and oxygen atoms in total. The van der Waals surface area contributed by atoms with Crippen molar-refractivity contribution in [3.63, 3.8) is 0 Å². The molecule has 0 spiro atoms. The van der Waals surface area contributed by atoms with E-state index in [9.17, 15) is 4.79 Å². The van der Waals surface area contributed by atoms with E-state index in [4.69, 9.17) is 4.74 Å². The summed E-state index contributed by atoms with van der Waals surface area (Å²) in [4.78, 5) is 18.8. The third-order valence-electron chi connectivity index (χ3n) is 1.42. The van der Waals surface area contributed by atoms with Crippen LogP contribution in [-0.2, 0) is 15.3 Å². The molecule has 0 saturated heterocycles. The van der Waals surface area contributed by atoms with Gasteiger partial charge in [0.2, 0.25) is 0 Å². The largest absolute Gasteiger partial charge is 0.465 e. The molecule has 0 aromatic carbocycles. The summed E-state index contributed by atoms with van der Waals surface area (Å²) in [6.45, 7) is 2.24. The first-order chi connectivity index (χ1) is 6.83. The lowest BCUT2D eigenvalue weighted by Crippen LogP contribution is -2.06. The topological polar surface area (TPSA) is 52.1 Å². The first-order valence-corrected chi connectivity index (χ1v) is 5.46. The van der Waals surface area contributed by atoms with Crippen molar-refractivity contribution >= 4 is 17.7 Å². The van der Waals surface area contributed by atoms with Gasteiger partial charge in [-0.05, 0) is 13.0 Å². The van der Waals surface area contributed by atoms with Gasteiger partial charge in [0, 0.05) is 11.9 Å². The van der Waals surface area contributed by atoms with Gasteiger partial charge in [0.05, 0.1) is 18.1 Å². The molecule has 1 rings (SSSR count). The van der Waals surface area contributed by atoms with Crippen LogP contribution in [0.3, 0.4) is 0 Å². The minimum atomic E-state index is -0.174. The molecule has 1 aromatic heterocycles. The van der Waals surface area contributed by atoms with Gasteiger partial charge in [-0.15, -0.1) is 11.8 Å². The first kappa shape index (κ1) is 11.0. The van der Waals surface area contributed by atoms with Crippen LogP contribution in [0.2, 0.25) is 0 Å². The number of rotatable bonds is 5. The zero-order valence-corrected chi connectivity index (χ0v) is 8.79. The molecule has 0 bridgehead atoms. The van der Waals surface area contributed by atoms with Gasteiger partial charge >= 0.3 is 5.97 Å². The van der Waals surface area contributed by atoms with E-state index in [0.29, 0.717) is 18.1 Å². The summed E-state index contributed by atoms with van der Waals surface area (Å²) in [6.07, 6.45) is 3.19. The van der Waals surface area contributed by atoms with Crippen molar-refractivity contribution in [3.05, 3.63) is 24.3 Å². The Balaban J connectivity index is 2.19. The van der Waals surface area contributed by atoms with Crippen molar-refractivity contribution < 1.29 is 9.53 Å². The quantitative estimate of drug-likeness (QED) is 0.688. The Morgan fingerprint density at radius 3 is 3.14 bits per heavy atom. The molecule has 0 N–H and O–H groups in total. The number of thioether (sulfide) groups is 1. The predicted octanol–water partition coefficient (Wildman–Crippen LogP) is 1.27. The molecular weight excluding hydrogens is 200 g/mol. The zero-order valence-electron chi connectivity index (χ0n) is 7.97. The normalized spacial score (nSPS) is 9.79. The van der Waals surface area contributed by atoms with E-state index < -0.39 is 0 Å². The molecule has 0 aliphatic heterocycles. The number of nitrogens with zero attached hydrogens (tertiary/aromatic N) is 2. The van der Waals surface area contributed by atoms with E-state index in [1.807, 2.05) is 6.07 Å². The van der Waals surface area contributed by atoms with Gasteiger partial charge in [0.25, 0.3) is 0 Å². The van der Waals surface area contributed by atoms with Crippen LogP contribution in [0.1, 0.15) is 12.6 Å². The summed E-state index contributed by atoms with van der Waals surface area (Å²) < 4.78 is 4.79. The van der Waals surface area contributed by atoms with Crippen molar-refractivity contribution in [1.82, 2.24) is 9.97 Å². The molecule has 0 unspecified atom stereocenters. The van der Waals surface area contributed by atoms with Crippen molar-refractivity contribution in [1.29, 1.82) is 0 Å². The Hall–Kier alpha value is -1.10. The van der Waals surface area contributed by atoms with Crippen LogP contribution in [0.4, 0.5) is 0 Å². The second-order valence-corrected chi connectivity index (χ2v) is 3.48.